The zero-order valence-corrected chi connectivity index (χ0v) is 16.5. The average Bonchev–Trinajstić information content (AvgIpc) is 2.75. The molecule has 5 heteroatoms. The van der Waals surface area contributed by atoms with Gasteiger partial charge in [-0.1, -0.05) is 54.2 Å². The van der Waals surface area contributed by atoms with Gasteiger partial charge in [0.1, 0.15) is 0 Å². The number of benzene rings is 3. The van der Waals surface area contributed by atoms with Crippen LogP contribution in [0.4, 0.5) is 11.4 Å². The molecule has 28 heavy (non-hydrogen) atoms. The Bertz CT molecular complexity index is 1140. The number of carbonyl (C=O) groups is 1. The summed E-state index contributed by atoms with van der Waals surface area (Å²) in [5.74, 6) is 0.438. The molecule has 3 nitrogen and oxygen atoms in total. The van der Waals surface area contributed by atoms with Crippen LogP contribution in [0.2, 0.25) is 0 Å². The molecule has 4 aromatic rings. The molecule has 1 amide bonds. The minimum atomic E-state index is 0.0751. The predicted octanol–water partition coefficient (Wildman–Crippen LogP) is 6.16. The SMILES string of the molecule is O=C(CSc1ccnc2ccccc12)N1c2ccccc2Sc2ccccc21. The van der Waals surface area contributed by atoms with Gasteiger partial charge in [-0.25, -0.2) is 0 Å². The number of para-hydroxylation sites is 3. The molecule has 0 atom stereocenters. The van der Waals surface area contributed by atoms with Crippen molar-refractivity contribution in [3.8, 4) is 0 Å². The minimum absolute atomic E-state index is 0.0751. The summed E-state index contributed by atoms with van der Waals surface area (Å²) in [6.07, 6.45) is 1.80. The maximum atomic E-state index is 13.3. The Morgan fingerprint density at radius 1 is 0.857 bits per heavy atom. The molecule has 0 aliphatic carbocycles. The first-order chi connectivity index (χ1) is 13.8. The van der Waals surface area contributed by atoms with Gasteiger partial charge in [0.2, 0.25) is 5.91 Å². The maximum Gasteiger partial charge on any atom is 0.241 e. The Balaban J connectivity index is 1.47. The Hall–Kier alpha value is -2.76. The molecule has 0 bridgehead atoms. The summed E-state index contributed by atoms with van der Waals surface area (Å²) >= 11 is 3.27. The lowest BCUT2D eigenvalue weighted by atomic mass is 10.2. The smallest absolute Gasteiger partial charge is 0.241 e. The molecule has 0 saturated carbocycles. The second-order valence-electron chi connectivity index (χ2n) is 6.38. The number of carbonyl (C=O) groups excluding carboxylic acids is 1. The molecule has 0 N–H and O–H groups in total. The van der Waals surface area contributed by atoms with E-state index in [0.717, 1.165) is 37.0 Å². The second-order valence-corrected chi connectivity index (χ2v) is 8.48. The van der Waals surface area contributed by atoms with Gasteiger partial charge in [0, 0.05) is 26.3 Å². The van der Waals surface area contributed by atoms with Crippen molar-refractivity contribution in [3.63, 3.8) is 0 Å². The van der Waals surface area contributed by atoms with Crippen molar-refractivity contribution in [2.45, 2.75) is 14.7 Å². The lowest BCUT2D eigenvalue weighted by molar-refractivity contribution is -0.115. The summed E-state index contributed by atoms with van der Waals surface area (Å²) in [4.78, 5) is 22.9. The third kappa shape index (κ3) is 3.07. The van der Waals surface area contributed by atoms with Crippen molar-refractivity contribution in [3.05, 3.63) is 85.1 Å². The van der Waals surface area contributed by atoms with E-state index in [9.17, 15) is 4.79 Å². The van der Waals surface area contributed by atoms with E-state index < -0.39 is 0 Å². The van der Waals surface area contributed by atoms with Gasteiger partial charge >= 0.3 is 0 Å². The molecule has 0 saturated heterocycles. The van der Waals surface area contributed by atoms with Crippen LogP contribution in [0.15, 0.2) is 99.7 Å². The molecule has 136 valence electrons. The molecule has 5 rings (SSSR count). The second kappa shape index (κ2) is 7.34. The quantitative estimate of drug-likeness (QED) is 0.386. The number of hydrogen-bond donors (Lipinski definition) is 0. The van der Waals surface area contributed by atoms with E-state index in [0.29, 0.717) is 5.75 Å². The average molecular weight is 401 g/mol. The van der Waals surface area contributed by atoms with E-state index in [-0.39, 0.29) is 5.91 Å². The van der Waals surface area contributed by atoms with Crippen LogP contribution in [0.1, 0.15) is 0 Å². The minimum Gasteiger partial charge on any atom is -0.278 e. The van der Waals surface area contributed by atoms with Gasteiger partial charge in [-0.3, -0.25) is 14.7 Å². The molecule has 3 aromatic carbocycles. The predicted molar refractivity (Wildman–Crippen MR) is 117 cm³/mol. The third-order valence-electron chi connectivity index (χ3n) is 4.64. The molecule has 1 aliphatic heterocycles. The summed E-state index contributed by atoms with van der Waals surface area (Å²) in [6.45, 7) is 0. The van der Waals surface area contributed by atoms with E-state index in [1.807, 2.05) is 65.6 Å². The summed E-state index contributed by atoms with van der Waals surface area (Å²) in [7, 11) is 0. The van der Waals surface area contributed by atoms with Gasteiger partial charge in [-0.05, 0) is 36.4 Å². The Morgan fingerprint density at radius 3 is 2.25 bits per heavy atom. The van der Waals surface area contributed by atoms with Crippen LogP contribution in [-0.4, -0.2) is 16.6 Å². The molecular weight excluding hydrogens is 384 g/mol. The summed E-state index contributed by atoms with van der Waals surface area (Å²) in [5, 5.41) is 1.08. The number of thioether (sulfide) groups is 1. The van der Waals surface area contributed by atoms with E-state index in [1.165, 1.54) is 0 Å². The molecule has 0 spiro atoms. The van der Waals surface area contributed by atoms with Crippen LogP contribution in [0.3, 0.4) is 0 Å². The van der Waals surface area contributed by atoms with Crippen molar-refractivity contribution in [2.75, 3.05) is 10.7 Å². The standard InChI is InChI=1S/C23H16N2OS2/c26-23(15-27-20-13-14-24-17-8-2-1-7-16(17)20)25-18-9-3-5-11-21(18)28-22-12-6-4-10-19(22)25/h1-14H,15H2. The van der Waals surface area contributed by atoms with Gasteiger partial charge in [0.05, 0.1) is 22.6 Å². The maximum absolute atomic E-state index is 13.3. The van der Waals surface area contributed by atoms with Gasteiger partial charge in [0.15, 0.2) is 0 Å². The topological polar surface area (TPSA) is 33.2 Å². The first kappa shape index (κ1) is 17.3. The van der Waals surface area contributed by atoms with Crippen LogP contribution in [-0.2, 0) is 4.79 Å². The number of amides is 1. The third-order valence-corrected chi connectivity index (χ3v) is 6.83. The monoisotopic (exact) mass is 400 g/mol. The first-order valence-corrected chi connectivity index (χ1v) is 10.8. The number of aromatic nitrogens is 1. The highest BCUT2D eigenvalue weighted by molar-refractivity contribution is 8.00. The Morgan fingerprint density at radius 2 is 1.50 bits per heavy atom. The lowest BCUT2D eigenvalue weighted by Gasteiger charge is -2.31. The van der Waals surface area contributed by atoms with Gasteiger partial charge in [-0.2, -0.15) is 0 Å². The number of anilines is 2. The highest BCUT2D eigenvalue weighted by Crippen LogP contribution is 2.48. The zero-order valence-electron chi connectivity index (χ0n) is 14.9. The molecule has 0 unspecified atom stereocenters. The van der Waals surface area contributed by atoms with Gasteiger partial charge in [0.25, 0.3) is 0 Å². The number of pyridine rings is 1. The van der Waals surface area contributed by atoms with Crippen LogP contribution < -0.4 is 4.90 Å². The summed E-state index contributed by atoms with van der Waals surface area (Å²) < 4.78 is 0. The molecule has 0 radical (unpaired) electrons. The molecule has 0 fully saturated rings. The Kier molecular flexibility index (Phi) is 4.55. The fourth-order valence-electron chi connectivity index (χ4n) is 3.37. The number of rotatable bonds is 3. The van der Waals surface area contributed by atoms with Crippen LogP contribution in [0.25, 0.3) is 10.9 Å². The highest BCUT2D eigenvalue weighted by atomic mass is 32.2. The Labute approximate surface area is 171 Å². The largest absolute Gasteiger partial charge is 0.278 e. The van der Waals surface area contributed by atoms with Crippen molar-refractivity contribution in [1.82, 2.24) is 4.98 Å². The van der Waals surface area contributed by atoms with Gasteiger partial charge < -0.3 is 0 Å². The van der Waals surface area contributed by atoms with Crippen LogP contribution in [0.5, 0.6) is 0 Å². The van der Waals surface area contributed by atoms with Crippen molar-refractivity contribution >= 4 is 51.7 Å². The molecule has 1 aromatic heterocycles. The lowest BCUT2D eigenvalue weighted by Crippen LogP contribution is -2.29. The highest BCUT2D eigenvalue weighted by Gasteiger charge is 2.27. The van der Waals surface area contributed by atoms with Crippen molar-refractivity contribution in [2.24, 2.45) is 0 Å². The molecule has 2 heterocycles. The normalized spacial score (nSPS) is 12.5. The van der Waals surface area contributed by atoms with E-state index in [4.69, 9.17) is 0 Å². The van der Waals surface area contributed by atoms with Crippen LogP contribution in [0, 0.1) is 0 Å². The van der Waals surface area contributed by atoms with E-state index in [1.54, 1.807) is 29.7 Å². The summed E-state index contributed by atoms with van der Waals surface area (Å²) in [6, 6.07) is 26.2. The first-order valence-electron chi connectivity index (χ1n) is 8.97. The molecule has 1 aliphatic rings. The number of hydrogen-bond acceptors (Lipinski definition) is 4. The summed E-state index contributed by atoms with van der Waals surface area (Å²) in [5.41, 5.74) is 2.86. The van der Waals surface area contributed by atoms with E-state index in [2.05, 4.69) is 23.2 Å². The molecular formula is C23H16N2OS2. The fraction of sp³-hybridized carbons (Fsp3) is 0.0435. The van der Waals surface area contributed by atoms with Gasteiger partial charge in [-0.15, -0.1) is 11.8 Å². The number of fused-ring (bicyclic) bond motifs is 3. The van der Waals surface area contributed by atoms with E-state index >= 15 is 0 Å². The number of nitrogens with zero attached hydrogens (tertiary/aromatic N) is 2. The van der Waals surface area contributed by atoms with Crippen molar-refractivity contribution < 1.29 is 4.79 Å². The fourth-order valence-corrected chi connectivity index (χ4v) is 5.32. The van der Waals surface area contributed by atoms with Crippen LogP contribution >= 0.6 is 23.5 Å². The van der Waals surface area contributed by atoms with Crippen molar-refractivity contribution in [1.29, 1.82) is 0 Å². The zero-order chi connectivity index (χ0) is 18.9.